The normalized spacial score (nSPS) is 19.0. The molecule has 0 aliphatic carbocycles. The van der Waals surface area contributed by atoms with Crippen LogP contribution in [0.2, 0.25) is 0 Å². The van der Waals surface area contributed by atoms with E-state index in [1.165, 1.54) is 28.5 Å². The Bertz CT molecular complexity index is 4090. The van der Waals surface area contributed by atoms with Crippen LogP contribution in [0.4, 0.5) is 0 Å². The number of aromatic nitrogens is 7. The highest BCUT2D eigenvalue weighted by atomic mass is 32.1. The maximum atomic E-state index is 13.6. The molecule has 5 aromatic heterocycles. The topological polar surface area (TPSA) is 276 Å². The number of nitrogens with zero attached hydrogens (tertiary/aromatic N) is 10. The van der Waals surface area contributed by atoms with Crippen LogP contribution in [0.5, 0.6) is 0 Å². The maximum absolute atomic E-state index is 13.6. The van der Waals surface area contributed by atoms with E-state index in [1.54, 1.807) is 38.9 Å². The predicted molar refractivity (Wildman–Crippen MR) is 395 cm³/mol. The summed E-state index contributed by atoms with van der Waals surface area (Å²) in [5.41, 5.74) is 16.8. The highest BCUT2D eigenvalue weighted by Crippen LogP contribution is 2.36. The number of rotatable bonds is 24. The molecule has 23 heteroatoms. The van der Waals surface area contributed by atoms with E-state index in [1.807, 2.05) is 140 Å². The number of hydrogen-bond acceptors (Lipinski definition) is 20. The molecule has 12 rings (SSSR count). The van der Waals surface area contributed by atoms with Crippen LogP contribution in [0.1, 0.15) is 155 Å². The van der Waals surface area contributed by atoms with Crippen molar-refractivity contribution in [3.05, 3.63) is 195 Å². The largest absolute Gasteiger partial charge is 0.448 e. The number of amides is 3. The average molecular weight is 1440 g/mol. The van der Waals surface area contributed by atoms with Crippen molar-refractivity contribution >= 4 is 69.1 Å². The van der Waals surface area contributed by atoms with Gasteiger partial charge in [-0.1, -0.05) is 145 Å². The van der Waals surface area contributed by atoms with Crippen molar-refractivity contribution in [2.24, 2.45) is 17.8 Å². The highest BCUT2D eigenvalue weighted by molar-refractivity contribution is 7.14. The summed E-state index contributed by atoms with van der Waals surface area (Å²) in [6.07, 6.45) is 5.97. The summed E-state index contributed by atoms with van der Waals surface area (Å²) in [7, 11) is 0. The predicted octanol–water partition coefficient (Wildman–Crippen LogP) is 12.5. The second-order valence-electron chi connectivity index (χ2n) is 27.9. The Hall–Kier alpha value is -8.71. The Morgan fingerprint density at radius 1 is 0.471 bits per heavy atom. The van der Waals surface area contributed by atoms with Crippen LogP contribution in [0, 0.1) is 45.4 Å². The maximum Gasteiger partial charge on any atom is 0.236 e. The first-order valence-corrected chi connectivity index (χ1v) is 37.7. The van der Waals surface area contributed by atoms with E-state index in [9.17, 15) is 44.1 Å². The molecule has 3 aliphatic heterocycles. The monoisotopic (exact) mass is 1440 g/mol. The van der Waals surface area contributed by atoms with E-state index in [0.717, 1.165) is 70.7 Å². The summed E-state index contributed by atoms with van der Waals surface area (Å²) in [4.78, 5) is 110. The molecule has 20 nitrogen and oxygen atoms in total. The number of benzene rings is 4. The molecule has 4 aromatic carbocycles. The number of aliphatic hydroxyl groups is 3. The van der Waals surface area contributed by atoms with Gasteiger partial charge in [-0.05, 0) is 104 Å². The Balaban J connectivity index is 0.000000165. The van der Waals surface area contributed by atoms with Crippen LogP contribution < -0.4 is 0 Å². The van der Waals surface area contributed by atoms with Crippen LogP contribution in [-0.4, -0.2) is 156 Å². The van der Waals surface area contributed by atoms with Crippen molar-refractivity contribution in [3.63, 3.8) is 0 Å². The Kier molecular flexibility index (Phi) is 26.0. The first kappa shape index (κ1) is 75.9. The lowest BCUT2D eigenvalue weighted by Crippen LogP contribution is -2.44. The smallest absolute Gasteiger partial charge is 0.236 e. The summed E-state index contributed by atoms with van der Waals surface area (Å²) < 4.78 is 5.53. The van der Waals surface area contributed by atoms with Crippen molar-refractivity contribution in [2.75, 3.05) is 19.6 Å². The number of aryl methyl sites for hydroxylation is 7. The van der Waals surface area contributed by atoms with Crippen LogP contribution in [-0.2, 0) is 48.0 Å². The summed E-state index contributed by atoms with van der Waals surface area (Å²) in [5.74, 6) is -1.44. The number of Topliss-reactive ketones (excluding diaryl/α,β-unsaturated/α-hetero) is 3. The number of carbonyl (C=O) groups is 6. The van der Waals surface area contributed by atoms with E-state index in [-0.39, 0.29) is 91.2 Å². The van der Waals surface area contributed by atoms with E-state index in [2.05, 4.69) is 83.6 Å². The van der Waals surface area contributed by atoms with Gasteiger partial charge in [-0.25, -0.2) is 24.9 Å². The molecule has 9 aromatic rings. The number of likely N-dealkylation sites (tertiary alicyclic amines) is 3. The molecule has 3 amide bonds. The van der Waals surface area contributed by atoms with Crippen LogP contribution in [0.15, 0.2) is 143 Å². The van der Waals surface area contributed by atoms with Gasteiger partial charge < -0.3 is 34.4 Å². The molecule has 0 saturated carbocycles. The number of thiazole rings is 3. The number of carbonyl (C=O) groups excluding carboxylic acids is 6. The summed E-state index contributed by atoms with van der Waals surface area (Å²) in [6, 6.07) is 32.5. The van der Waals surface area contributed by atoms with Crippen LogP contribution in [0.25, 0.3) is 31.3 Å². The molecular formula is C79H92N10O10S3. The van der Waals surface area contributed by atoms with Gasteiger partial charge in [0.15, 0.2) is 23.2 Å². The van der Waals surface area contributed by atoms with Crippen molar-refractivity contribution < 1.29 is 48.5 Å². The molecule has 3 aliphatic rings. The highest BCUT2D eigenvalue weighted by Gasteiger charge is 2.46. The third-order valence-electron chi connectivity index (χ3n) is 19.3. The van der Waals surface area contributed by atoms with E-state index >= 15 is 0 Å². The van der Waals surface area contributed by atoms with Gasteiger partial charge in [0.2, 0.25) is 23.6 Å². The molecule has 0 bridgehead atoms. The lowest BCUT2D eigenvalue weighted by molar-refractivity contribution is -0.140. The molecule has 3 N–H and O–H groups in total. The third-order valence-corrected chi connectivity index (χ3v) is 22.2. The fourth-order valence-electron chi connectivity index (χ4n) is 13.9. The van der Waals surface area contributed by atoms with Gasteiger partial charge in [0.05, 0.1) is 102 Å². The van der Waals surface area contributed by atoms with Gasteiger partial charge in [-0.3, -0.25) is 28.8 Å². The van der Waals surface area contributed by atoms with Crippen molar-refractivity contribution in [2.45, 2.75) is 181 Å². The first-order chi connectivity index (χ1) is 48.9. The summed E-state index contributed by atoms with van der Waals surface area (Å²) in [6.45, 7) is 20.1. The molecule has 8 heterocycles. The van der Waals surface area contributed by atoms with E-state index in [0.29, 0.717) is 62.4 Å². The molecule has 0 radical (unpaired) electrons. The minimum Gasteiger partial charge on any atom is -0.448 e. The molecule has 0 unspecified atom stereocenters. The fraction of sp³-hybridized carbons (Fsp3) is 0.430. The molecule has 9 atom stereocenters. The van der Waals surface area contributed by atoms with Gasteiger partial charge in [-0.15, -0.1) is 39.1 Å². The number of oxazole rings is 1. The Morgan fingerprint density at radius 2 is 0.833 bits per heavy atom. The minimum absolute atomic E-state index is 0.0165. The quantitative estimate of drug-likeness (QED) is 0.0507. The molecule has 0 spiro atoms. The molecule has 3 fully saturated rings. The molecule has 536 valence electrons. The van der Waals surface area contributed by atoms with Gasteiger partial charge in [-0.2, -0.15) is 5.10 Å². The zero-order valence-electron chi connectivity index (χ0n) is 59.6. The van der Waals surface area contributed by atoms with Gasteiger partial charge in [0.25, 0.3) is 0 Å². The van der Waals surface area contributed by atoms with Crippen molar-refractivity contribution in [1.82, 2.24) is 49.8 Å². The van der Waals surface area contributed by atoms with Crippen molar-refractivity contribution in [1.29, 1.82) is 0 Å². The molecule has 3 saturated heterocycles. The lowest BCUT2D eigenvalue weighted by atomic mass is 9.87. The molecule has 102 heavy (non-hydrogen) atoms. The third kappa shape index (κ3) is 18.7. The van der Waals surface area contributed by atoms with E-state index < -0.39 is 48.3 Å². The summed E-state index contributed by atoms with van der Waals surface area (Å²) in [5, 5.41) is 38.8. The lowest BCUT2D eigenvalue weighted by Gasteiger charge is -2.30. The van der Waals surface area contributed by atoms with Crippen LogP contribution in [0.3, 0.4) is 0 Å². The van der Waals surface area contributed by atoms with E-state index in [4.69, 9.17) is 4.42 Å². The minimum atomic E-state index is -0.720. The van der Waals surface area contributed by atoms with Gasteiger partial charge in [0, 0.05) is 64.4 Å². The first-order valence-electron chi connectivity index (χ1n) is 35.1. The zero-order valence-corrected chi connectivity index (χ0v) is 62.0. The van der Waals surface area contributed by atoms with Crippen molar-refractivity contribution in [3.8, 4) is 31.3 Å². The Morgan fingerprint density at radius 3 is 1.15 bits per heavy atom. The number of hydrogen-bond donors (Lipinski definition) is 3. The molecular weight excluding hydrogens is 1350 g/mol. The van der Waals surface area contributed by atoms with Gasteiger partial charge >= 0.3 is 0 Å². The number of β-amino-alcohol motifs (C(OH)–C–C–N with tert-alkyl or cyclic N) is 3. The van der Waals surface area contributed by atoms with Gasteiger partial charge in [0.1, 0.15) is 18.1 Å². The zero-order chi connectivity index (χ0) is 72.9. The average Bonchev–Trinajstić information content (AvgIpc) is 1.63. The SMILES string of the molecule is Cc1coc([C@H](C(=O)N2C[C@H](O)C[C@H]2C(=O)CCc2ccc(-c3scnc3C)cc2)C(C)C)n1.Cc1ncsc1-c1ccc(CCC(=O)[C@@H]2C[C@@H](O)CN2C(=O)[C@@H](c2ccccc2)C(C)C)cc1.Cc1ncsc1-c1ccc(CCC(=O)[C@@H]2C[C@@H](O)CN2C(=O)[C@@H](c2nccnn2)C(C)C)cc1. The standard InChI is InChI=1S/C28H32N2O3S.C26H31N3O4S.C25H29N5O3S/c1-18(2)26(21-7-5-4-6-8-21)28(33)30-16-23(31)15-24(30)25(32)14-11-20-9-12-22(13-10-20)27-19(3)29-17-34-27;1-15(2)23(25-28-16(3)13-33-25)26(32)29-12-20(30)11-21(29)22(31)10-7-18-5-8-19(9-6-18)24-17(4)27-14-34-24;1-15(2)22(24-26-10-11-28-29-24)25(33)30-13-19(31)12-20(30)21(32)9-6-17-4-7-18(8-5-17)23-16(3)27-14-34-23/h4-10,12-13,17-18,23-24,26,31H,11,14-16H2,1-3H3;5-6,8-9,13-15,20-21,23,30H,7,10-12H2,1-4H3;4-5,7-8,10-11,14-15,19-20,22,31H,6,9,12-13H2,1-3H3/t23-,24+,26-;20-,21+,23-;19-,20+,22-/m111/s1. The second kappa shape index (κ2) is 35.0. The Labute approximate surface area is 608 Å². The number of ketones is 3. The summed E-state index contributed by atoms with van der Waals surface area (Å²) >= 11 is 4.85. The van der Waals surface area contributed by atoms with Crippen LogP contribution >= 0.6 is 34.0 Å². The second-order valence-corrected chi connectivity index (χ2v) is 30.4. The fourth-order valence-corrected chi connectivity index (χ4v) is 16.3. The number of aliphatic hydroxyl groups excluding tert-OH is 3.